The number of nitrogens with zero attached hydrogens (tertiary/aromatic N) is 2. The smallest absolute Gasteiger partial charge is 0.224 e. The van der Waals surface area contributed by atoms with E-state index in [9.17, 15) is 4.39 Å². The van der Waals surface area contributed by atoms with Gasteiger partial charge in [-0.15, -0.1) is 11.3 Å². The predicted octanol–water partition coefficient (Wildman–Crippen LogP) is 2.34. The van der Waals surface area contributed by atoms with Crippen molar-refractivity contribution in [3.05, 3.63) is 35.7 Å². The van der Waals surface area contributed by atoms with Crippen LogP contribution in [0.2, 0.25) is 0 Å². The topological polar surface area (TPSA) is 25.8 Å². The summed E-state index contributed by atoms with van der Waals surface area (Å²) in [7, 11) is 0. The summed E-state index contributed by atoms with van der Waals surface area (Å²) in [6.45, 7) is 0. The number of hydrogen-bond acceptors (Lipinski definition) is 3. The molecular formula is C8H5FN2S. The molecule has 0 aliphatic carbocycles. The molecule has 0 amide bonds. The number of rotatable bonds is 1. The van der Waals surface area contributed by atoms with Crippen LogP contribution in [0, 0.1) is 5.95 Å². The molecule has 0 aliphatic rings. The summed E-state index contributed by atoms with van der Waals surface area (Å²) in [5.41, 5.74) is 0.714. The van der Waals surface area contributed by atoms with E-state index < -0.39 is 5.95 Å². The van der Waals surface area contributed by atoms with Crippen LogP contribution in [0.3, 0.4) is 0 Å². The fourth-order valence-electron chi connectivity index (χ4n) is 0.861. The van der Waals surface area contributed by atoms with Gasteiger partial charge in [-0.05, 0) is 12.1 Å². The minimum atomic E-state index is -0.444. The maximum atomic E-state index is 12.5. The van der Waals surface area contributed by atoms with E-state index in [1.807, 2.05) is 12.1 Å². The largest absolute Gasteiger partial charge is 0.254 e. The summed E-state index contributed by atoms with van der Waals surface area (Å²) >= 11 is 1.25. The normalized spacial score (nSPS) is 10.1. The highest BCUT2D eigenvalue weighted by Gasteiger charge is 2.03. The molecule has 2 rings (SSSR count). The van der Waals surface area contributed by atoms with Crippen LogP contribution in [0.25, 0.3) is 10.7 Å². The Morgan fingerprint density at radius 1 is 1.33 bits per heavy atom. The second-order valence-electron chi connectivity index (χ2n) is 2.19. The summed E-state index contributed by atoms with van der Waals surface area (Å²) < 4.78 is 12.5. The van der Waals surface area contributed by atoms with Gasteiger partial charge in [-0.3, -0.25) is 4.98 Å². The Bertz CT molecular complexity index is 372. The Kier molecular flexibility index (Phi) is 1.83. The van der Waals surface area contributed by atoms with Crippen LogP contribution in [0.15, 0.2) is 29.8 Å². The molecule has 0 saturated carbocycles. The van der Waals surface area contributed by atoms with Crippen molar-refractivity contribution in [2.24, 2.45) is 0 Å². The minimum Gasteiger partial charge on any atom is -0.254 e. The fourth-order valence-corrected chi connectivity index (χ4v) is 1.50. The van der Waals surface area contributed by atoms with Gasteiger partial charge in [-0.2, -0.15) is 4.39 Å². The molecular weight excluding hydrogens is 175 g/mol. The highest BCUT2D eigenvalue weighted by atomic mass is 32.1. The molecule has 0 N–H and O–H groups in total. The molecule has 2 heterocycles. The van der Waals surface area contributed by atoms with E-state index in [4.69, 9.17) is 0 Å². The zero-order valence-electron chi connectivity index (χ0n) is 6.07. The first-order valence-electron chi connectivity index (χ1n) is 3.39. The van der Waals surface area contributed by atoms with Crippen molar-refractivity contribution in [3.63, 3.8) is 0 Å². The first kappa shape index (κ1) is 7.36. The molecule has 2 nitrogen and oxygen atoms in total. The number of halogens is 1. The molecule has 60 valence electrons. The predicted molar refractivity (Wildman–Crippen MR) is 45.3 cm³/mol. The maximum Gasteiger partial charge on any atom is 0.224 e. The van der Waals surface area contributed by atoms with E-state index in [1.165, 1.54) is 16.7 Å². The number of thiazole rings is 1. The van der Waals surface area contributed by atoms with Gasteiger partial charge in [0.05, 0.1) is 5.69 Å². The van der Waals surface area contributed by atoms with Crippen LogP contribution in [0.1, 0.15) is 0 Å². The molecule has 4 heteroatoms. The van der Waals surface area contributed by atoms with Crippen molar-refractivity contribution in [1.29, 1.82) is 0 Å². The zero-order chi connectivity index (χ0) is 8.39. The van der Waals surface area contributed by atoms with Gasteiger partial charge < -0.3 is 0 Å². The summed E-state index contributed by atoms with van der Waals surface area (Å²) in [5, 5.41) is 1.98. The summed E-state index contributed by atoms with van der Waals surface area (Å²) in [6, 6.07) is 5.47. The van der Waals surface area contributed by atoms with Crippen molar-refractivity contribution in [2.75, 3.05) is 0 Å². The van der Waals surface area contributed by atoms with Gasteiger partial charge in [0.15, 0.2) is 0 Å². The molecule has 0 unspecified atom stereocenters. The van der Waals surface area contributed by atoms with Gasteiger partial charge in [-0.25, -0.2) is 4.98 Å². The summed E-state index contributed by atoms with van der Waals surface area (Å²) in [5.74, 6) is -0.444. The molecule has 0 saturated heterocycles. The minimum absolute atomic E-state index is 0.444. The van der Waals surface area contributed by atoms with Crippen molar-refractivity contribution in [3.8, 4) is 10.7 Å². The van der Waals surface area contributed by atoms with E-state index >= 15 is 0 Å². The van der Waals surface area contributed by atoms with Crippen molar-refractivity contribution in [1.82, 2.24) is 9.97 Å². The van der Waals surface area contributed by atoms with Crippen LogP contribution in [-0.2, 0) is 0 Å². The van der Waals surface area contributed by atoms with Crippen LogP contribution < -0.4 is 0 Å². The van der Waals surface area contributed by atoms with Gasteiger partial charge in [0, 0.05) is 11.6 Å². The average molecular weight is 180 g/mol. The highest BCUT2D eigenvalue weighted by molar-refractivity contribution is 7.13. The van der Waals surface area contributed by atoms with Gasteiger partial charge in [0.25, 0.3) is 0 Å². The molecule has 0 aromatic carbocycles. The Labute approximate surface area is 72.7 Å². The van der Waals surface area contributed by atoms with Gasteiger partial charge in [-0.1, -0.05) is 6.07 Å². The number of aromatic nitrogens is 2. The standard InChI is InChI=1S/C8H5FN2S/c9-7-5-12-8(11-7)6-3-1-2-4-10-6/h1-5H. The van der Waals surface area contributed by atoms with E-state index in [0.717, 1.165) is 0 Å². The second-order valence-corrected chi connectivity index (χ2v) is 3.05. The third-order valence-electron chi connectivity index (χ3n) is 1.36. The van der Waals surface area contributed by atoms with Gasteiger partial charge >= 0.3 is 0 Å². The first-order chi connectivity index (χ1) is 5.86. The van der Waals surface area contributed by atoms with Gasteiger partial charge in [0.2, 0.25) is 5.95 Å². The van der Waals surface area contributed by atoms with E-state index in [0.29, 0.717) is 10.7 Å². The monoisotopic (exact) mass is 180 g/mol. The van der Waals surface area contributed by atoms with E-state index in [2.05, 4.69) is 9.97 Å². The van der Waals surface area contributed by atoms with Crippen LogP contribution in [0.4, 0.5) is 4.39 Å². The number of hydrogen-bond donors (Lipinski definition) is 0. The van der Waals surface area contributed by atoms with Crippen molar-refractivity contribution >= 4 is 11.3 Å². The SMILES string of the molecule is Fc1csc(-c2ccccn2)n1. The quantitative estimate of drug-likeness (QED) is 0.673. The molecule has 0 aliphatic heterocycles. The molecule has 0 radical (unpaired) electrons. The Balaban J connectivity index is 2.45. The molecule has 0 spiro atoms. The Hall–Kier alpha value is -1.29. The lowest BCUT2D eigenvalue weighted by atomic mass is 10.4. The molecule has 0 atom stereocenters. The van der Waals surface area contributed by atoms with E-state index in [1.54, 1.807) is 12.3 Å². The van der Waals surface area contributed by atoms with Crippen LogP contribution in [-0.4, -0.2) is 9.97 Å². The van der Waals surface area contributed by atoms with Crippen molar-refractivity contribution in [2.45, 2.75) is 0 Å². The second kappa shape index (κ2) is 2.98. The van der Waals surface area contributed by atoms with Crippen LogP contribution in [0.5, 0.6) is 0 Å². The highest BCUT2D eigenvalue weighted by Crippen LogP contribution is 2.19. The summed E-state index contributed by atoms with van der Waals surface area (Å²) in [6.07, 6.45) is 1.66. The Morgan fingerprint density at radius 2 is 2.25 bits per heavy atom. The summed E-state index contributed by atoms with van der Waals surface area (Å²) in [4.78, 5) is 7.71. The lowest BCUT2D eigenvalue weighted by Gasteiger charge is -1.90. The molecule has 2 aromatic rings. The van der Waals surface area contributed by atoms with E-state index in [-0.39, 0.29) is 0 Å². The number of pyridine rings is 1. The molecule has 12 heavy (non-hydrogen) atoms. The lowest BCUT2D eigenvalue weighted by Crippen LogP contribution is -1.80. The van der Waals surface area contributed by atoms with Crippen molar-refractivity contribution < 1.29 is 4.39 Å². The van der Waals surface area contributed by atoms with Crippen LogP contribution >= 0.6 is 11.3 Å². The molecule has 2 aromatic heterocycles. The third kappa shape index (κ3) is 1.33. The maximum absolute atomic E-state index is 12.5. The molecule has 0 fully saturated rings. The lowest BCUT2D eigenvalue weighted by molar-refractivity contribution is 0.593. The Morgan fingerprint density at radius 3 is 2.83 bits per heavy atom. The van der Waals surface area contributed by atoms with Gasteiger partial charge in [0.1, 0.15) is 5.01 Å². The average Bonchev–Trinajstić information content (AvgIpc) is 2.54. The third-order valence-corrected chi connectivity index (χ3v) is 2.20. The molecule has 0 bridgehead atoms. The fraction of sp³-hybridized carbons (Fsp3) is 0. The first-order valence-corrected chi connectivity index (χ1v) is 4.26. The zero-order valence-corrected chi connectivity index (χ0v) is 6.88.